The minimum Gasteiger partial charge on any atom is -0.494 e. The summed E-state index contributed by atoms with van der Waals surface area (Å²) < 4.78 is 12.4. The molecule has 9 nitrogen and oxygen atoms in total. The van der Waals surface area contributed by atoms with Crippen molar-refractivity contribution in [2.24, 2.45) is 11.8 Å². The van der Waals surface area contributed by atoms with E-state index in [2.05, 4.69) is 0 Å². The Balaban J connectivity index is 1.43. The van der Waals surface area contributed by atoms with Gasteiger partial charge < -0.3 is 29.3 Å². The van der Waals surface area contributed by atoms with Crippen molar-refractivity contribution in [1.29, 1.82) is 0 Å². The summed E-state index contributed by atoms with van der Waals surface area (Å²) in [6, 6.07) is 13.2. The molecule has 10 heteroatoms. The Morgan fingerprint density at radius 2 is 1.66 bits per heavy atom. The number of aliphatic hydroxyl groups excluding tert-OH is 1. The van der Waals surface area contributed by atoms with Crippen LogP contribution in [-0.2, 0) is 19.1 Å². The Morgan fingerprint density at radius 1 is 0.951 bits per heavy atom. The summed E-state index contributed by atoms with van der Waals surface area (Å²) in [5.41, 5.74) is -1.39. The number of hydrogen-bond donors (Lipinski definition) is 1. The molecule has 4 aliphatic rings. The van der Waals surface area contributed by atoms with E-state index in [1.54, 1.807) is 48.2 Å². The zero-order valence-corrected chi connectivity index (χ0v) is 23.7. The van der Waals surface area contributed by atoms with Crippen molar-refractivity contribution >= 4 is 40.7 Å². The number of carbonyl (C=O) groups excluding carboxylic acids is 3. The number of anilines is 2. The summed E-state index contributed by atoms with van der Waals surface area (Å²) in [4.78, 5) is 47.5. The standard InChI is InChI=1S/C31H32ClN3O6/c1-3-40-21-12-10-20(11-13-21)33-16-6-14-30(2)24(27(33)37)25-28(38)35(18-19-36)26-29(39)34(17-7-15-31(25,26)41-30)23-9-5-4-8-22(23)32/h4-15,24-26,36H,3,16-19H2,1-2H3/t24-,25-,26?,30+,31-/m0/s1. The lowest BCUT2D eigenvalue weighted by molar-refractivity contribution is -0.144. The molecule has 4 heterocycles. The second-order valence-corrected chi connectivity index (χ2v) is 11.2. The van der Waals surface area contributed by atoms with Crippen molar-refractivity contribution in [2.45, 2.75) is 31.1 Å². The van der Waals surface area contributed by atoms with E-state index in [-0.39, 0.29) is 31.5 Å². The summed E-state index contributed by atoms with van der Waals surface area (Å²) in [5.74, 6) is -2.23. The number of aliphatic hydroxyl groups is 1. The summed E-state index contributed by atoms with van der Waals surface area (Å²) in [6.45, 7) is 4.33. The Morgan fingerprint density at radius 3 is 2.37 bits per heavy atom. The lowest BCUT2D eigenvalue weighted by Crippen LogP contribution is -2.56. The molecule has 2 aromatic rings. The minimum absolute atomic E-state index is 0.0723. The summed E-state index contributed by atoms with van der Waals surface area (Å²) in [6.07, 6.45) is 7.29. The molecule has 1 N–H and O–H groups in total. The molecular weight excluding hydrogens is 546 g/mol. The highest BCUT2D eigenvalue weighted by molar-refractivity contribution is 6.34. The van der Waals surface area contributed by atoms with Crippen molar-refractivity contribution < 1.29 is 29.0 Å². The monoisotopic (exact) mass is 577 g/mol. The highest BCUT2D eigenvalue weighted by Gasteiger charge is 2.74. The van der Waals surface area contributed by atoms with Crippen molar-refractivity contribution in [3.05, 3.63) is 77.9 Å². The van der Waals surface area contributed by atoms with Crippen LogP contribution in [0.5, 0.6) is 5.75 Å². The zero-order chi connectivity index (χ0) is 28.9. The maximum absolute atomic E-state index is 14.4. The minimum atomic E-state index is -1.42. The van der Waals surface area contributed by atoms with E-state index >= 15 is 0 Å². The lowest BCUT2D eigenvalue weighted by Gasteiger charge is -2.37. The quantitative estimate of drug-likeness (QED) is 0.529. The number of rotatable bonds is 6. The average molecular weight is 578 g/mol. The van der Waals surface area contributed by atoms with Crippen LogP contribution in [-0.4, -0.2) is 77.8 Å². The smallest absolute Gasteiger partial charge is 0.253 e. The number of ether oxygens (including phenoxy) is 2. The molecule has 1 spiro atoms. The van der Waals surface area contributed by atoms with Gasteiger partial charge in [0.1, 0.15) is 17.4 Å². The predicted octanol–water partition coefficient (Wildman–Crippen LogP) is 3.21. The molecule has 2 fully saturated rings. The van der Waals surface area contributed by atoms with Gasteiger partial charge in [0.25, 0.3) is 5.91 Å². The van der Waals surface area contributed by atoms with Gasteiger partial charge >= 0.3 is 0 Å². The van der Waals surface area contributed by atoms with E-state index in [1.807, 2.05) is 43.3 Å². The van der Waals surface area contributed by atoms with Gasteiger partial charge in [0, 0.05) is 25.3 Å². The van der Waals surface area contributed by atoms with Gasteiger partial charge in [-0.25, -0.2) is 0 Å². The SMILES string of the molecule is CCOc1ccc(N2CC=C[C@@]3(C)O[C@]45C=CCN(c6ccccc6Cl)C(=O)C4N(CCO)C(=O)[C@@H]5[C@H]3C2=O)cc1. The second-order valence-electron chi connectivity index (χ2n) is 10.8. The number of fused-ring (bicyclic) bond motifs is 2. The highest BCUT2D eigenvalue weighted by atomic mass is 35.5. The van der Waals surface area contributed by atoms with Gasteiger partial charge in [0.2, 0.25) is 11.8 Å². The first-order valence-corrected chi connectivity index (χ1v) is 14.2. The molecule has 5 atom stereocenters. The molecule has 2 saturated heterocycles. The summed E-state index contributed by atoms with van der Waals surface area (Å²) in [5, 5.41) is 10.3. The fraction of sp³-hybridized carbons (Fsp3) is 0.387. The fourth-order valence-electron chi connectivity index (χ4n) is 6.88. The molecule has 0 aromatic heterocycles. The largest absolute Gasteiger partial charge is 0.494 e. The van der Waals surface area contributed by atoms with Gasteiger partial charge in [-0.1, -0.05) is 48.0 Å². The molecular formula is C31H32ClN3O6. The lowest BCUT2D eigenvalue weighted by atomic mass is 9.74. The molecule has 0 saturated carbocycles. The first-order valence-electron chi connectivity index (χ1n) is 13.8. The Hall–Kier alpha value is -3.66. The molecule has 1 unspecified atom stereocenters. The van der Waals surface area contributed by atoms with Crippen LogP contribution in [0, 0.1) is 11.8 Å². The average Bonchev–Trinajstić information content (AvgIpc) is 3.21. The maximum atomic E-state index is 14.4. The number of para-hydroxylation sites is 1. The Labute approximate surface area is 243 Å². The molecule has 214 valence electrons. The Bertz CT molecular complexity index is 1440. The molecule has 3 amide bonds. The van der Waals surface area contributed by atoms with E-state index < -0.39 is 35.0 Å². The van der Waals surface area contributed by atoms with Gasteiger partial charge in [-0.2, -0.15) is 0 Å². The number of halogens is 1. The van der Waals surface area contributed by atoms with Crippen LogP contribution >= 0.6 is 11.6 Å². The number of hydrogen-bond acceptors (Lipinski definition) is 6. The van der Waals surface area contributed by atoms with E-state index in [9.17, 15) is 19.5 Å². The van der Waals surface area contributed by atoms with E-state index in [0.717, 1.165) is 0 Å². The number of amides is 3. The van der Waals surface area contributed by atoms with Crippen LogP contribution in [0.2, 0.25) is 5.02 Å². The third-order valence-corrected chi connectivity index (χ3v) is 8.82. The fourth-order valence-corrected chi connectivity index (χ4v) is 7.11. The van der Waals surface area contributed by atoms with Crippen molar-refractivity contribution in [1.82, 2.24) is 4.90 Å². The number of β-amino-alcohol motifs (C(OH)–C–C–N with tert-alkyl or cyclic N) is 1. The van der Waals surface area contributed by atoms with E-state index in [0.29, 0.717) is 35.3 Å². The predicted molar refractivity (Wildman–Crippen MR) is 154 cm³/mol. The molecule has 41 heavy (non-hydrogen) atoms. The first kappa shape index (κ1) is 27.5. The van der Waals surface area contributed by atoms with Crippen LogP contribution in [0.1, 0.15) is 13.8 Å². The number of likely N-dealkylation sites (tertiary alicyclic amines) is 1. The van der Waals surface area contributed by atoms with Gasteiger partial charge in [-0.15, -0.1) is 0 Å². The van der Waals surface area contributed by atoms with Crippen molar-refractivity contribution in [2.75, 3.05) is 42.6 Å². The number of carbonyl (C=O) groups is 3. The van der Waals surface area contributed by atoms with Crippen LogP contribution < -0.4 is 14.5 Å². The molecule has 6 rings (SSSR count). The first-order chi connectivity index (χ1) is 19.8. The van der Waals surface area contributed by atoms with Crippen LogP contribution in [0.25, 0.3) is 0 Å². The van der Waals surface area contributed by atoms with Gasteiger partial charge in [-0.05, 0) is 50.2 Å². The molecule has 0 aliphatic carbocycles. The normalized spacial score (nSPS) is 30.7. The zero-order valence-electron chi connectivity index (χ0n) is 22.9. The van der Waals surface area contributed by atoms with Crippen LogP contribution in [0.15, 0.2) is 72.8 Å². The third kappa shape index (κ3) is 4.17. The summed E-state index contributed by atoms with van der Waals surface area (Å²) in [7, 11) is 0. The highest BCUT2D eigenvalue weighted by Crippen LogP contribution is 2.57. The van der Waals surface area contributed by atoms with Crippen LogP contribution in [0.3, 0.4) is 0 Å². The molecule has 0 radical (unpaired) electrons. The molecule has 4 aliphatic heterocycles. The second kappa shape index (κ2) is 10.3. The van der Waals surface area contributed by atoms with Gasteiger partial charge in [-0.3, -0.25) is 14.4 Å². The number of nitrogens with zero attached hydrogens (tertiary/aromatic N) is 3. The van der Waals surface area contributed by atoms with Gasteiger partial charge in [0.05, 0.1) is 41.4 Å². The van der Waals surface area contributed by atoms with Crippen LogP contribution in [0.4, 0.5) is 11.4 Å². The van der Waals surface area contributed by atoms with Crippen molar-refractivity contribution in [3.63, 3.8) is 0 Å². The molecule has 0 bridgehead atoms. The van der Waals surface area contributed by atoms with Crippen molar-refractivity contribution in [3.8, 4) is 5.75 Å². The topological polar surface area (TPSA) is 99.6 Å². The molecule has 2 aromatic carbocycles. The van der Waals surface area contributed by atoms with E-state index in [1.165, 1.54) is 9.80 Å². The third-order valence-electron chi connectivity index (χ3n) is 8.50. The Kier molecular flexibility index (Phi) is 6.92. The summed E-state index contributed by atoms with van der Waals surface area (Å²) >= 11 is 6.48. The van der Waals surface area contributed by atoms with E-state index in [4.69, 9.17) is 21.1 Å². The number of benzene rings is 2. The van der Waals surface area contributed by atoms with Gasteiger partial charge in [0.15, 0.2) is 0 Å². The maximum Gasteiger partial charge on any atom is 0.253 e.